The van der Waals surface area contributed by atoms with Gasteiger partial charge in [-0.25, -0.2) is 4.79 Å². The summed E-state index contributed by atoms with van der Waals surface area (Å²) < 4.78 is 9.38. The van der Waals surface area contributed by atoms with Crippen molar-refractivity contribution in [2.75, 3.05) is 26.3 Å². The van der Waals surface area contributed by atoms with Crippen LogP contribution < -0.4 is 0 Å². The number of nitrogens with zero attached hydrogens (tertiary/aromatic N) is 4. The fraction of sp³-hybridized carbons (Fsp3) is 0.750. The van der Waals surface area contributed by atoms with Crippen molar-refractivity contribution >= 4 is 12.1 Å². The van der Waals surface area contributed by atoms with E-state index in [1.165, 1.54) is 11.8 Å². The maximum atomic E-state index is 11.2. The number of hydrogen-bond donors (Lipinski definition) is 0. The van der Waals surface area contributed by atoms with E-state index in [1.807, 2.05) is 0 Å². The van der Waals surface area contributed by atoms with Crippen molar-refractivity contribution in [1.29, 1.82) is 0 Å². The number of likely N-dealkylation sites (tertiary alicyclic amines) is 1. The van der Waals surface area contributed by atoms with Gasteiger partial charge in [-0.3, -0.25) is 4.79 Å². The molecule has 0 spiro atoms. The van der Waals surface area contributed by atoms with Crippen molar-refractivity contribution in [3.8, 4) is 0 Å². The molecule has 0 aliphatic carbocycles. The lowest BCUT2D eigenvalue weighted by molar-refractivity contribution is -0.142. The molecule has 0 aromatic rings. The van der Waals surface area contributed by atoms with Gasteiger partial charge in [0, 0.05) is 24.9 Å². The molecular formula is C8H12N4O4. The number of carbonyl (C=O) groups excluding carboxylic acids is 2. The summed E-state index contributed by atoms with van der Waals surface area (Å²) in [6.07, 6.45) is -0.489. The van der Waals surface area contributed by atoms with Gasteiger partial charge in [0.05, 0.1) is 6.04 Å². The van der Waals surface area contributed by atoms with Gasteiger partial charge in [0.2, 0.25) is 0 Å². The summed E-state index contributed by atoms with van der Waals surface area (Å²) in [5.41, 5.74) is 8.13. The number of azide groups is 1. The van der Waals surface area contributed by atoms with Crippen molar-refractivity contribution in [3.63, 3.8) is 0 Å². The van der Waals surface area contributed by atoms with Crippen LogP contribution in [0.1, 0.15) is 6.92 Å². The maximum absolute atomic E-state index is 11.2. The minimum atomic E-state index is -0.489. The van der Waals surface area contributed by atoms with E-state index in [9.17, 15) is 9.59 Å². The molecule has 1 aliphatic heterocycles. The number of ether oxygens (including phenoxy) is 2. The van der Waals surface area contributed by atoms with E-state index in [4.69, 9.17) is 10.3 Å². The first-order valence-electron chi connectivity index (χ1n) is 4.72. The Morgan fingerprint density at radius 2 is 2.06 bits per heavy atom. The van der Waals surface area contributed by atoms with Gasteiger partial charge < -0.3 is 14.4 Å². The molecule has 1 saturated heterocycles. The predicted molar refractivity (Wildman–Crippen MR) is 52.5 cm³/mol. The average molecular weight is 228 g/mol. The summed E-state index contributed by atoms with van der Waals surface area (Å²) in [6.45, 7) is 2.10. The van der Waals surface area contributed by atoms with Crippen LogP contribution in [0.3, 0.4) is 0 Å². The molecular weight excluding hydrogens is 216 g/mol. The lowest BCUT2D eigenvalue weighted by Gasteiger charge is -2.35. The van der Waals surface area contributed by atoms with Crippen LogP contribution in [-0.4, -0.2) is 49.3 Å². The van der Waals surface area contributed by atoms with Gasteiger partial charge in [-0.05, 0) is 5.53 Å². The normalized spacial score (nSPS) is 14.7. The molecule has 0 radical (unpaired) electrons. The van der Waals surface area contributed by atoms with Crippen LogP contribution >= 0.6 is 0 Å². The van der Waals surface area contributed by atoms with Gasteiger partial charge >= 0.3 is 12.1 Å². The standard InChI is InChI=1S/C8H12N4O4/c1-6(13)15-2-3-16-8(14)12-4-7(5-12)10-11-9/h7H,2-5H2,1H3. The minimum absolute atomic E-state index is 0.0289. The Morgan fingerprint density at radius 3 is 2.62 bits per heavy atom. The van der Waals surface area contributed by atoms with Crippen LogP contribution in [0.4, 0.5) is 4.79 Å². The van der Waals surface area contributed by atoms with Crippen molar-refractivity contribution in [1.82, 2.24) is 4.90 Å². The fourth-order valence-electron chi connectivity index (χ4n) is 1.16. The molecule has 0 N–H and O–H groups in total. The summed E-state index contributed by atoms with van der Waals surface area (Å²) in [6, 6.07) is -0.161. The summed E-state index contributed by atoms with van der Waals surface area (Å²) in [4.78, 5) is 25.7. The van der Waals surface area contributed by atoms with E-state index >= 15 is 0 Å². The van der Waals surface area contributed by atoms with Crippen LogP contribution in [-0.2, 0) is 14.3 Å². The van der Waals surface area contributed by atoms with Crippen molar-refractivity contribution < 1.29 is 19.1 Å². The average Bonchev–Trinajstić information content (AvgIpc) is 2.17. The third kappa shape index (κ3) is 3.66. The van der Waals surface area contributed by atoms with Crippen molar-refractivity contribution in [2.45, 2.75) is 13.0 Å². The van der Waals surface area contributed by atoms with Crippen molar-refractivity contribution in [3.05, 3.63) is 10.4 Å². The topological polar surface area (TPSA) is 105 Å². The Balaban J connectivity index is 2.09. The number of carbonyl (C=O) groups is 2. The highest BCUT2D eigenvalue weighted by molar-refractivity contribution is 5.69. The molecule has 1 heterocycles. The minimum Gasteiger partial charge on any atom is -0.462 e. The first-order chi connectivity index (χ1) is 7.63. The van der Waals surface area contributed by atoms with Crippen LogP contribution in [0.2, 0.25) is 0 Å². The zero-order chi connectivity index (χ0) is 12.0. The smallest absolute Gasteiger partial charge is 0.409 e. The molecule has 1 rings (SSSR count). The second-order valence-electron chi connectivity index (χ2n) is 3.22. The molecule has 88 valence electrons. The highest BCUT2D eigenvalue weighted by Gasteiger charge is 2.30. The van der Waals surface area contributed by atoms with Crippen LogP contribution in [0.5, 0.6) is 0 Å². The molecule has 0 saturated carbocycles. The van der Waals surface area contributed by atoms with E-state index in [0.717, 1.165) is 0 Å². The van der Waals surface area contributed by atoms with E-state index in [1.54, 1.807) is 0 Å². The molecule has 0 bridgehead atoms. The molecule has 0 unspecified atom stereocenters. The lowest BCUT2D eigenvalue weighted by Crippen LogP contribution is -2.52. The van der Waals surface area contributed by atoms with Gasteiger partial charge in [0.25, 0.3) is 0 Å². The molecule has 1 amide bonds. The molecule has 16 heavy (non-hydrogen) atoms. The highest BCUT2D eigenvalue weighted by atomic mass is 16.6. The quantitative estimate of drug-likeness (QED) is 0.232. The lowest BCUT2D eigenvalue weighted by atomic mass is 10.1. The van der Waals surface area contributed by atoms with Gasteiger partial charge in [0.15, 0.2) is 0 Å². The van der Waals surface area contributed by atoms with Crippen LogP contribution in [0.25, 0.3) is 10.4 Å². The van der Waals surface area contributed by atoms with E-state index in [2.05, 4.69) is 14.8 Å². The Labute approximate surface area is 91.7 Å². The fourth-order valence-corrected chi connectivity index (χ4v) is 1.16. The summed E-state index contributed by atoms with van der Waals surface area (Å²) >= 11 is 0. The van der Waals surface area contributed by atoms with Gasteiger partial charge in [-0.2, -0.15) is 0 Å². The Hall–Kier alpha value is -1.95. The number of rotatable bonds is 4. The van der Waals surface area contributed by atoms with E-state index in [-0.39, 0.29) is 19.3 Å². The van der Waals surface area contributed by atoms with Crippen LogP contribution in [0, 0.1) is 0 Å². The summed E-state index contributed by atoms with van der Waals surface area (Å²) in [5.74, 6) is -0.413. The SMILES string of the molecule is CC(=O)OCCOC(=O)N1CC(N=[N+]=[N-])C1. The molecule has 1 fully saturated rings. The largest absolute Gasteiger partial charge is 0.462 e. The van der Waals surface area contributed by atoms with Crippen LogP contribution in [0.15, 0.2) is 5.11 Å². The molecule has 0 aromatic heterocycles. The maximum Gasteiger partial charge on any atom is 0.409 e. The molecule has 1 aliphatic rings. The first kappa shape index (κ1) is 12.1. The summed E-state index contributed by atoms with van der Waals surface area (Å²) in [7, 11) is 0. The Morgan fingerprint density at radius 1 is 1.44 bits per heavy atom. The molecule has 8 heteroatoms. The second-order valence-corrected chi connectivity index (χ2v) is 3.22. The van der Waals surface area contributed by atoms with E-state index in [0.29, 0.717) is 13.1 Å². The van der Waals surface area contributed by atoms with Crippen molar-refractivity contribution in [2.24, 2.45) is 5.11 Å². The molecule has 8 nitrogen and oxygen atoms in total. The number of esters is 1. The zero-order valence-electron chi connectivity index (χ0n) is 8.83. The number of amides is 1. The highest BCUT2D eigenvalue weighted by Crippen LogP contribution is 2.12. The monoisotopic (exact) mass is 228 g/mol. The second kappa shape index (κ2) is 5.82. The van der Waals surface area contributed by atoms with E-state index < -0.39 is 12.1 Å². The van der Waals surface area contributed by atoms with Gasteiger partial charge in [-0.15, -0.1) is 0 Å². The van der Waals surface area contributed by atoms with Gasteiger partial charge in [-0.1, -0.05) is 5.11 Å². The summed E-state index contributed by atoms with van der Waals surface area (Å²) in [5, 5.41) is 3.44. The van der Waals surface area contributed by atoms with Gasteiger partial charge in [0.1, 0.15) is 13.2 Å². The first-order valence-corrected chi connectivity index (χ1v) is 4.72. The Bertz CT molecular complexity index is 320. The molecule has 0 aromatic carbocycles. The Kier molecular flexibility index (Phi) is 4.41. The third-order valence-electron chi connectivity index (χ3n) is 1.95. The number of hydrogen-bond acceptors (Lipinski definition) is 5. The third-order valence-corrected chi connectivity index (χ3v) is 1.95. The zero-order valence-corrected chi connectivity index (χ0v) is 8.83. The predicted octanol–water partition coefficient (Wildman–Crippen LogP) is 0.681. The molecule has 0 atom stereocenters.